The number of rotatable bonds is 5. The zero-order valence-corrected chi connectivity index (χ0v) is 10.2. The first-order valence-corrected chi connectivity index (χ1v) is 5.79. The van der Waals surface area contributed by atoms with Crippen molar-refractivity contribution in [2.24, 2.45) is 5.92 Å². The van der Waals surface area contributed by atoms with Gasteiger partial charge in [0.1, 0.15) is 0 Å². The minimum Gasteiger partial charge on any atom is -0.354 e. The van der Waals surface area contributed by atoms with Crippen molar-refractivity contribution in [3.8, 4) is 0 Å². The largest absolute Gasteiger partial charge is 0.354 e. The van der Waals surface area contributed by atoms with Gasteiger partial charge in [-0.1, -0.05) is 6.92 Å². The first-order valence-electron chi connectivity index (χ1n) is 5.79. The number of nitrogens with zero attached hydrogens (tertiary/aromatic N) is 1. The molecular weight excluding hydrogens is 206 g/mol. The standard InChI is InChI=1S/C11H21N3O2/c1-4-12-8(2)6-13-11(16)9-5-10(15)14(3)7-9/h8-9,12H,4-7H2,1-3H3,(H,13,16)/t8-,9?/m1/s1. The molecule has 1 aliphatic heterocycles. The third kappa shape index (κ3) is 3.48. The number of likely N-dealkylation sites (tertiary alicyclic amines) is 1. The topological polar surface area (TPSA) is 61.4 Å². The summed E-state index contributed by atoms with van der Waals surface area (Å²) in [7, 11) is 1.73. The molecule has 0 aromatic rings. The fourth-order valence-electron chi connectivity index (χ4n) is 1.86. The predicted molar refractivity (Wildman–Crippen MR) is 61.9 cm³/mol. The Morgan fingerprint density at radius 1 is 1.62 bits per heavy atom. The Morgan fingerprint density at radius 2 is 2.31 bits per heavy atom. The van der Waals surface area contributed by atoms with Crippen LogP contribution >= 0.6 is 0 Å². The molecule has 1 heterocycles. The van der Waals surface area contributed by atoms with Gasteiger partial charge in [-0.25, -0.2) is 0 Å². The van der Waals surface area contributed by atoms with Gasteiger partial charge >= 0.3 is 0 Å². The SMILES string of the molecule is CCN[C@H](C)CNC(=O)C1CC(=O)N(C)C1. The molecule has 2 atom stereocenters. The molecule has 0 bridgehead atoms. The van der Waals surface area contributed by atoms with Gasteiger partial charge in [0.15, 0.2) is 0 Å². The van der Waals surface area contributed by atoms with Gasteiger partial charge in [-0.3, -0.25) is 9.59 Å². The maximum absolute atomic E-state index is 11.7. The Labute approximate surface area is 96.6 Å². The van der Waals surface area contributed by atoms with E-state index >= 15 is 0 Å². The van der Waals surface area contributed by atoms with E-state index in [2.05, 4.69) is 10.6 Å². The molecule has 1 rings (SSSR count). The smallest absolute Gasteiger partial charge is 0.225 e. The van der Waals surface area contributed by atoms with Crippen molar-refractivity contribution in [2.45, 2.75) is 26.3 Å². The Bertz CT molecular complexity index is 268. The number of amides is 2. The number of likely N-dealkylation sites (N-methyl/N-ethyl adjacent to an activating group) is 1. The van der Waals surface area contributed by atoms with Gasteiger partial charge in [0.25, 0.3) is 0 Å². The molecular formula is C11H21N3O2. The van der Waals surface area contributed by atoms with Crippen LogP contribution in [0.1, 0.15) is 20.3 Å². The first-order chi connectivity index (χ1) is 7.54. The van der Waals surface area contributed by atoms with Crippen LogP contribution in [0.25, 0.3) is 0 Å². The fraction of sp³-hybridized carbons (Fsp3) is 0.818. The Kier molecular flexibility index (Phi) is 4.73. The van der Waals surface area contributed by atoms with Crippen LogP contribution in [0, 0.1) is 5.92 Å². The maximum atomic E-state index is 11.7. The highest BCUT2D eigenvalue weighted by molar-refractivity contribution is 5.89. The van der Waals surface area contributed by atoms with Gasteiger partial charge in [-0.05, 0) is 13.5 Å². The molecule has 0 aromatic carbocycles. The van der Waals surface area contributed by atoms with Crippen molar-refractivity contribution in [2.75, 3.05) is 26.7 Å². The van der Waals surface area contributed by atoms with Crippen LogP contribution in [0.15, 0.2) is 0 Å². The van der Waals surface area contributed by atoms with Gasteiger partial charge in [-0.2, -0.15) is 0 Å². The van der Waals surface area contributed by atoms with E-state index in [-0.39, 0.29) is 23.8 Å². The molecule has 5 heteroatoms. The molecule has 1 fully saturated rings. The van der Waals surface area contributed by atoms with Gasteiger partial charge in [0.05, 0.1) is 5.92 Å². The van der Waals surface area contributed by atoms with Crippen LogP contribution in [0.2, 0.25) is 0 Å². The van der Waals surface area contributed by atoms with Crippen molar-refractivity contribution in [3.05, 3.63) is 0 Å². The highest BCUT2D eigenvalue weighted by atomic mass is 16.2. The van der Waals surface area contributed by atoms with E-state index < -0.39 is 0 Å². The number of hydrogen-bond acceptors (Lipinski definition) is 3. The summed E-state index contributed by atoms with van der Waals surface area (Å²) in [4.78, 5) is 24.6. The van der Waals surface area contributed by atoms with E-state index in [0.717, 1.165) is 6.54 Å². The van der Waals surface area contributed by atoms with Crippen molar-refractivity contribution < 1.29 is 9.59 Å². The van der Waals surface area contributed by atoms with Gasteiger partial charge in [-0.15, -0.1) is 0 Å². The van der Waals surface area contributed by atoms with Gasteiger partial charge in [0.2, 0.25) is 11.8 Å². The van der Waals surface area contributed by atoms with E-state index in [9.17, 15) is 9.59 Å². The van der Waals surface area contributed by atoms with Crippen LogP contribution in [0.5, 0.6) is 0 Å². The average Bonchev–Trinajstić information content (AvgIpc) is 2.56. The van der Waals surface area contributed by atoms with Crippen LogP contribution in [-0.4, -0.2) is 49.4 Å². The maximum Gasteiger partial charge on any atom is 0.225 e. The van der Waals surface area contributed by atoms with E-state index in [1.54, 1.807) is 11.9 Å². The fourth-order valence-corrected chi connectivity index (χ4v) is 1.86. The van der Waals surface area contributed by atoms with Crippen LogP contribution in [0.4, 0.5) is 0 Å². The van der Waals surface area contributed by atoms with Crippen molar-refractivity contribution >= 4 is 11.8 Å². The lowest BCUT2D eigenvalue weighted by Crippen LogP contribution is -2.41. The zero-order valence-electron chi connectivity index (χ0n) is 10.2. The molecule has 92 valence electrons. The highest BCUT2D eigenvalue weighted by Crippen LogP contribution is 2.15. The summed E-state index contributed by atoms with van der Waals surface area (Å²) in [5.41, 5.74) is 0. The molecule has 0 radical (unpaired) electrons. The molecule has 2 amide bonds. The lowest BCUT2D eigenvalue weighted by Gasteiger charge is -2.15. The summed E-state index contributed by atoms with van der Waals surface area (Å²) in [6.07, 6.45) is 0.345. The summed E-state index contributed by atoms with van der Waals surface area (Å²) in [5.74, 6) is -0.131. The lowest BCUT2D eigenvalue weighted by atomic mass is 10.1. The Morgan fingerprint density at radius 3 is 2.81 bits per heavy atom. The highest BCUT2D eigenvalue weighted by Gasteiger charge is 2.31. The third-order valence-corrected chi connectivity index (χ3v) is 2.85. The van der Waals surface area contributed by atoms with E-state index in [4.69, 9.17) is 0 Å². The quantitative estimate of drug-likeness (QED) is 0.670. The monoisotopic (exact) mass is 227 g/mol. The molecule has 1 saturated heterocycles. The molecule has 1 aliphatic rings. The molecule has 0 aromatic heterocycles. The van der Waals surface area contributed by atoms with Gasteiger partial charge < -0.3 is 15.5 Å². The number of nitrogens with one attached hydrogen (secondary N) is 2. The Balaban J connectivity index is 2.28. The minimum atomic E-state index is -0.175. The minimum absolute atomic E-state index is 0.0116. The van der Waals surface area contributed by atoms with Crippen molar-refractivity contribution in [1.29, 1.82) is 0 Å². The molecule has 5 nitrogen and oxygen atoms in total. The van der Waals surface area contributed by atoms with E-state index in [1.807, 2.05) is 13.8 Å². The average molecular weight is 227 g/mol. The first kappa shape index (κ1) is 13.0. The Hall–Kier alpha value is -1.10. The second-order valence-electron chi connectivity index (χ2n) is 4.38. The van der Waals surface area contributed by atoms with Crippen molar-refractivity contribution in [3.63, 3.8) is 0 Å². The number of carbonyl (C=O) groups is 2. The van der Waals surface area contributed by atoms with Crippen LogP contribution in [0.3, 0.4) is 0 Å². The summed E-state index contributed by atoms with van der Waals surface area (Å²) >= 11 is 0. The molecule has 16 heavy (non-hydrogen) atoms. The zero-order chi connectivity index (χ0) is 12.1. The summed E-state index contributed by atoms with van der Waals surface area (Å²) in [6.45, 7) is 6.10. The second kappa shape index (κ2) is 5.84. The molecule has 0 aliphatic carbocycles. The lowest BCUT2D eigenvalue weighted by molar-refractivity contribution is -0.128. The van der Waals surface area contributed by atoms with Crippen LogP contribution in [-0.2, 0) is 9.59 Å². The summed E-state index contributed by atoms with van der Waals surface area (Å²) in [6, 6.07) is 0.267. The predicted octanol–water partition coefficient (Wildman–Crippen LogP) is -0.421. The van der Waals surface area contributed by atoms with E-state index in [1.165, 1.54) is 0 Å². The molecule has 0 saturated carbocycles. The molecule has 2 N–H and O–H groups in total. The third-order valence-electron chi connectivity index (χ3n) is 2.85. The molecule has 0 spiro atoms. The number of carbonyl (C=O) groups excluding carboxylic acids is 2. The van der Waals surface area contributed by atoms with Crippen LogP contribution < -0.4 is 10.6 Å². The van der Waals surface area contributed by atoms with E-state index in [0.29, 0.717) is 19.5 Å². The van der Waals surface area contributed by atoms with Crippen molar-refractivity contribution in [1.82, 2.24) is 15.5 Å². The second-order valence-corrected chi connectivity index (χ2v) is 4.38. The summed E-state index contributed by atoms with van der Waals surface area (Å²) < 4.78 is 0. The number of hydrogen-bond donors (Lipinski definition) is 2. The van der Waals surface area contributed by atoms with Gasteiger partial charge in [0, 0.05) is 32.6 Å². The normalized spacial score (nSPS) is 22.3. The molecule has 1 unspecified atom stereocenters. The summed E-state index contributed by atoms with van der Waals surface area (Å²) in [5, 5.41) is 6.09.